The van der Waals surface area contributed by atoms with Crippen LogP contribution in [0.1, 0.15) is 37.7 Å². The summed E-state index contributed by atoms with van der Waals surface area (Å²) in [5, 5.41) is 0.744. The Kier molecular flexibility index (Phi) is 5.48. The number of aromatic nitrogens is 3. The lowest BCUT2D eigenvalue weighted by Gasteiger charge is -2.22. The summed E-state index contributed by atoms with van der Waals surface area (Å²) in [6.45, 7) is 2.66. The summed E-state index contributed by atoms with van der Waals surface area (Å²) >= 11 is 1.44. The first kappa shape index (κ1) is 20.2. The molecule has 0 saturated carbocycles. The number of hydrogen-bond donors (Lipinski definition) is 0. The minimum atomic E-state index is -0.161. The number of ketones is 1. The fourth-order valence-electron chi connectivity index (χ4n) is 4.66. The van der Waals surface area contributed by atoms with E-state index in [9.17, 15) is 9.59 Å². The van der Waals surface area contributed by atoms with E-state index in [0.29, 0.717) is 16.8 Å². The van der Waals surface area contributed by atoms with E-state index in [1.807, 2.05) is 18.2 Å². The minimum absolute atomic E-state index is 0.111. The number of anilines is 2. The first-order valence-corrected chi connectivity index (χ1v) is 11.9. The monoisotopic (exact) mass is 437 g/mol. The molecule has 0 N–H and O–H groups in total. The standard InChI is InChI=1S/C23H27N5O2S/c1-26-21(30)19-20(25-22(26)27-13-5-6-14-27)31-23(24-19)28-15-7-10-17(28)18(29)12-11-16-8-3-2-4-9-16/h2-4,8-9,17H,5-7,10-15H2,1H3/t17-/m1/s1. The van der Waals surface area contributed by atoms with Crippen molar-refractivity contribution in [3.05, 3.63) is 46.2 Å². The quantitative estimate of drug-likeness (QED) is 0.590. The van der Waals surface area contributed by atoms with Gasteiger partial charge in [-0.05, 0) is 37.7 Å². The lowest BCUT2D eigenvalue weighted by molar-refractivity contribution is -0.120. The second-order valence-electron chi connectivity index (χ2n) is 8.42. The molecule has 0 unspecified atom stereocenters. The van der Waals surface area contributed by atoms with Crippen LogP contribution < -0.4 is 15.4 Å². The Morgan fingerprint density at radius 2 is 1.87 bits per heavy atom. The van der Waals surface area contributed by atoms with Crippen molar-refractivity contribution in [3.8, 4) is 0 Å². The topological polar surface area (TPSA) is 71.3 Å². The van der Waals surface area contributed by atoms with E-state index in [-0.39, 0.29) is 17.4 Å². The Labute approximate surface area is 185 Å². The van der Waals surface area contributed by atoms with Crippen molar-refractivity contribution < 1.29 is 4.79 Å². The van der Waals surface area contributed by atoms with Gasteiger partial charge in [-0.1, -0.05) is 41.7 Å². The van der Waals surface area contributed by atoms with Gasteiger partial charge in [0, 0.05) is 33.1 Å². The summed E-state index contributed by atoms with van der Waals surface area (Å²) in [5.41, 5.74) is 1.48. The zero-order chi connectivity index (χ0) is 21.4. The molecule has 1 atom stereocenters. The molecule has 0 aliphatic carbocycles. The van der Waals surface area contributed by atoms with E-state index in [1.165, 1.54) is 16.9 Å². The van der Waals surface area contributed by atoms with E-state index in [0.717, 1.165) is 62.8 Å². The number of nitrogens with zero attached hydrogens (tertiary/aromatic N) is 5. The van der Waals surface area contributed by atoms with Crippen LogP contribution in [-0.2, 0) is 18.3 Å². The Balaban J connectivity index is 1.39. The molecule has 4 heterocycles. The Morgan fingerprint density at radius 3 is 2.65 bits per heavy atom. The molecule has 0 bridgehead atoms. The molecule has 2 saturated heterocycles. The van der Waals surface area contributed by atoms with Gasteiger partial charge in [-0.25, -0.2) is 9.97 Å². The van der Waals surface area contributed by atoms with E-state index in [1.54, 1.807) is 11.6 Å². The second-order valence-corrected chi connectivity index (χ2v) is 9.38. The Hall–Kier alpha value is -2.74. The van der Waals surface area contributed by atoms with E-state index in [4.69, 9.17) is 4.98 Å². The Morgan fingerprint density at radius 1 is 1.10 bits per heavy atom. The molecule has 7 nitrogen and oxygen atoms in total. The summed E-state index contributed by atoms with van der Waals surface area (Å²) in [4.78, 5) is 40.4. The van der Waals surface area contributed by atoms with Gasteiger partial charge in [-0.3, -0.25) is 14.2 Å². The highest BCUT2D eigenvalue weighted by molar-refractivity contribution is 7.21. The predicted octanol–water partition coefficient (Wildman–Crippen LogP) is 3.16. The van der Waals surface area contributed by atoms with Crippen LogP contribution in [0.3, 0.4) is 0 Å². The smallest absolute Gasteiger partial charge is 0.282 e. The van der Waals surface area contributed by atoms with Crippen LogP contribution in [0.2, 0.25) is 0 Å². The predicted molar refractivity (Wildman–Crippen MR) is 124 cm³/mol. The third kappa shape index (κ3) is 3.84. The third-order valence-corrected chi connectivity index (χ3v) is 7.36. The van der Waals surface area contributed by atoms with Gasteiger partial charge in [0.2, 0.25) is 5.95 Å². The van der Waals surface area contributed by atoms with Gasteiger partial charge in [0.25, 0.3) is 5.56 Å². The maximum absolute atomic E-state index is 13.0. The van der Waals surface area contributed by atoms with Crippen LogP contribution in [0.15, 0.2) is 35.1 Å². The fourth-order valence-corrected chi connectivity index (χ4v) is 5.67. The zero-order valence-corrected chi connectivity index (χ0v) is 18.6. The summed E-state index contributed by atoms with van der Waals surface area (Å²) in [5.74, 6) is 0.973. The molecule has 0 amide bonds. The average molecular weight is 438 g/mol. The SMILES string of the molecule is Cn1c(N2CCCC2)nc2sc(N3CCC[C@@H]3C(=O)CCc3ccccc3)nc2c1=O. The van der Waals surface area contributed by atoms with Crippen molar-refractivity contribution in [2.24, 2.45) is 7.05 Å². The number of Topliss-reactive ketones (excluding diaryl/α,β-unsaturated/α-hetero) is 1. The maximum Gasteiger partial charge on any atom is 0.282 e. The molecule has 5 rings (SSSR count). The highest BCUT2D eigenvalue weighted by Crippen LogP contribution is 2.33. The number of thiazole rings is 1. The van der Waals surface area contributed by atoms with Gasteiger partial charge in [0.1, 0.15) is 0 Å². The summed E-state index contributed by atoms with van der Waals surface area (Å²) in [6, 6.07) is 9.97. The van der Waals surface area contributed by atoms with Crippen molar-refractivity contribution in [2.45, 2.75) is 44.6 Å². The molecule has 162 valence electrons. The molecule has 3 aromatic rings. The Bertz CT molecular complexity index is 1150. The highest BCUT2D eigenvalue weighted by atomic mass is 32.1. The van der Waals surface area contributed by atoms with Gasteiger partial charge in [0.05, 0.1) is 6.04 Å². The molecular weight excluding hydrogens is 410 g/mol. The molecule has 2 aliphatic rings. The highest BCUT2D eigenvalue weighted by Gasteiger charge is 2.33. The number of benzene rings is 1. The minimum Gasteiger partial charge on any atom is -0.342 e. The van der Waals surface area contributed by atoms with Crippen molar-refractivity contribution in [1.29, 1.82) is 0 Å². The van der Waals surface area contributed by atoms with E-state index in [2.05, 4.69) is 26.9 Å². The number of carbonyl (C=O) groups is 1. The third-order valence-electron chi connectivity index (χ3n) is 6.37. The number of rotatable bonds is 6. The largest absolute Gasteiger partial charge is 0.342 e. The van der Waals surface area contributed by atoms with Gasteiger partial charge >= 0.3 is 0 Å². The van der Waals surface area contributed by atoms with Crippen molar-refractivity contribution >= 4 is 38.5 Å². The molecule has 8 heteroatoms. The lowest BCUT2D eigenvalue weighted by Crippen LogP contribution is -2.36. The zero-order valence-electron chi connectivity index (χ0n) is 17.8. The first-order chi connectivity index (χ1) is 15.1. The van der Waals surface area contributed by atoms with E-state index < -0.39 is 0 Å². The number of fused-ring (bicyclic) bond motifs is 1. The second kappa shape index (κ2) is 8.42. The van der Waals surface area contributed by atoms with Crippen LogP contribution in [0.5, 0.6) is 0 Å². The molecule has 2 aromatic heterocycles. The molecule has 0 radical (unpaired) electrons. The van der Waals surface area contributed by atoms with Gasteiger partial charge in [-0.15, -0.1) is 0 Å². The van der Waals surface area contributed by atoms with Gasteiger partial charge in [-0.2, -0.15) is 0 Å². The van der Waals surface area contributed by atoms with E-state index >= 15 is 0 Å². The fraction of sp³-hybridized carbons (Fsp3) is 0.478. The molecule has 2 aliphatic heterocycles. The van der Waals surface area contributed by atoms with Crippen LogP contribution in [0.4, 0.5) is 11.1 Å². The van der Waals surface area contributed by atoms with Crippen molar-refractivity contribution in [3.63, 3.8) is 0 Å². The maximum atomic E-state index is 13.0. The normalized spacial score (nSPS) is 18.9. The molecule has 1 aromatic carbocycles. The van der Waals surface area contributed by atoms with Crippen molar-refractivity contribution in [1.82, 2.24) is 14.5 Å². The molecule has 31 heavy (non-hydrogen) atoms. The summed E-state index contributed by atoms with van der Waals surface area (Å²) in [6.07, 6.45) is 5.33. The molecule has 2 fully saturated rings. The molecule has 0 spiro atoms. The van der Waals surface area contributed by atoms with Crippen LogP contribution in [0.25, 0.3) is 10.3 Å². The van der Waals surface area contributed by atoms with Gasteiger partial charge in [0.15, 0.2) is 21.3 Å². The lowest BCUT2D eigenvalue weighted by atomic mass is 10.0. The summed E-state index contributed by atoms with van der Waals surface area (Å²) in [7, 11) is 1.77. The van der Waals surface area contributed by atoms with Crippen LogP contribution in [0, 0.1) is 0 Å². The van der Waals surface area contributed by atoms with Crippen molar-refractivity contribution in [2.75, 3.05) is 29.4 Å². The van der Waals surface area contributed by atoms with Gasteiger partial charge < -0.3 is 9.80 Å². The van der Waals surface area contributed by atoms with Crippen LogP contribution >= 0.6 is 11.3 Å². The number of aryl methyl sites for hydroxylation is 1. The number of carbonyl (C=O) groups excluding carboxylic acids is 1. The first-order valence-electron chi connectivity index (χ1n) is 11.1. The molecular formula is C23H27N5O2S. The average Bonchev–Trinajstić information content (AvgIpc) is 3.55. The summed E-state index contributed by atoms with van der Waals surface area (Å²) < 4.78 is 1.61. The van der Waals surface area contributed by atoms with Crippen LogP contribution in [-0.4, -0.2) is 46.0 Å². The number of hydrogen-bond acceptors (Lipinski definition) is 7.